The van der Waals surface area contributed by atoms with Crippen LogP contribution in [0.25, 0.3) is 0 Å². The molecule has 0 fully saturated rings. The van der Waals surface area contributed by atoms with Crippen molar-refractivity contribution in [2.75, 3.05) is 11.9 Å². The van der Waals surface area contributed by atoms with Crippen LogP contribution in [0.2, 0.25) is 0 Å². The van der Waals surface area contributed by atoms with Crippen molar-refractivity contribution in [1.82, 2.24) is 0 Å². The summed E-state index contributed by atoms with van der Waals surface area (Å²) >= 11 is 0. The Balaban J connectivity index is 2.21. The summed E-state index contributed by atoms with van der Waals surface area (Å²) in [5, 5.41) is 22.7. The number of nitrogens with zero attached hydrogens (tertiary/aromatic N) is 1. The first-order valence-corrected chi connectivity index (χ1v) is 6.98. The summed E-state index contributed by atoms with van der Waals surface area (Å²) in [4.78, 5) is 10.0. The number of aliphatic hydroxyl groups is 1. The molecule has 1 unspecified atom stereocenters. The van der Waals surface area contributed by atoms with E-state index in [0.717, 1.165) is 11.6 Å². The van der Waals surface area contributed by atoms with Crippen LogP contribution in [0.5, 0.6) is 0 Å². The van der Waals surface area contributed by atoms with Crippen LogP contribution in [0.1, 0.15) is 24.4 Å². The molecule has 0 amide bonds. The molecule has 0 aliphatic carbocycles. The van der Waals surface area contributed by atoms with E-state index in [1.165, 1.54) is 12.1 Å². The first-order chi connectivity index (χ1) is 10.6. The molecule has 0 heterocycles. The van der Waals surface area contributed by atoms with Gasteiger partial charge in [-0.1, -0.05) is 30.3 Å². The van der Waals surface area contributed by atoms with Gasteiger partial charge in [0.25, 0.3) is 5.69 Å². The highest BCUT2D eigenvalue weighted by atomic mass is 19.1. The highest BCUT2D eigenvalue weighted by Crippen LogP contribution is 2.27. The van der Waals surface area contributed by atoms with Gasteiger partial charge in [0.05, 0.1) is 22.7 Å². The van der Waals surface area contributed by atoms with Gasteiger partial charge < -0.3 is 10.4 Å². The van der Waals surface area contributed by atoms with E-state index in [0.29, 0.717) is 12.8 Å². The molecule has 2 rings (SSSR count). The Morgan fingerprint density at radius 2 is 1.95 bits per heavy atom. The maximum atomic E-state index is 14.0. The quantitative estimate of drug-likeness (QED) is 0.604. The zero-order valence-electron chi connectivity index (χ0n) is 11.9. The molecule has 5 nitrogen and oxygen atoms in total. The maximum Gasteiger partial charge on any atom is 0.272 e. The fourth-order valence-corrected chi connectivity index (χ4v) is 2.23. The number of benzene rings is 2. The Bertz CT molecular complexity index is 635. The van der Waals surface area contributed by atoms with Gasteiger partial charge in [0, 0.05) is 12.7 Å². The zero-order valence-corrected chi connectivity index (χ0v) is 11.9. The molecule has 116 valence electrons. The second kappa shape index (κ2) is 7.51. The number of anilines is 1. The Labute approximate surface area is 127 Å². The lowest BCUT2D eigenvalue weighted by Crippen LogP contribution is -2.12. The third-order valence-corrected chi connectivity index (χ3v) is 3.35. The smallest absolute Gasteiger partial charge is 0.272 e. The second-order valence-electron chi connectivity index (χ2n) is 4.89. The Hall–Kier alpha value is -2.47. The zero-order chi connectivity index (χ0) is 15.9. The van der Waals surface area contributed by atoms with Crippen LogP contribution in [0, 0.1) is 15.9 Å². The molecule has 6 heteroatoms. The van der Waals surface area contributed by atoms with E-state index in [1.54, 1.807) is 0 Å². The number of nitro groups is 1. The fraction of sp³-hybridized carbons (Fsp3) is 0.250. The molecular weight excluding hydrogens is 287 g/mol. The van der Waals surface area contributed by atoms with Crippen molar-refractivity contribution in [3.05, 3.63) is 70.0 Å². The highest BCUT2D eigenvalue weighted by Gasteiger charge is 2.15. The summed E-state index contributed by atoms with van der Waals surface area (Å²) in [6.07, 6.45) is 1.19. The molecule has 0 bridgehead atoms. The number of hydrogen-bond acceptors (Lipinski definition) is 4. The van der Waals surface area contributed by atoms with E-state index in [9.17, 15) is 14.5 Å². The maximum absolute atomic E-state index is 14.0. The average Bonchev–Trinajstić information content (AvgIpc) is 2.53. The molecule has 2 aromatic rings. The van der Waals surface area contributed by atoms with Crippen LogP contribution < -0.4 is 5.32 Å². The van der Waals surface area contributed by atoms with Crippen molar-refractivity contribution in [2.45, 2.75) is 18.9 Å². The molecule has 2 aromatic carbocycles. The van der Waals surface area contributed by atoms with Gasteiger partial charge >= 0.3 is 0 Å². The van der Waals surface area contributed by atoms with Crippen molar-refractivity contribution in [1.29, 1.82) is 0 Å². The third kappa shape index (κ3) is 4.02. The molecule has 0 saturated heterocycles. The van der Waals surface area contributed by atoms with E-state index >= 15 is 0 Å². The summed E-state index contributed by atoms with van der Waals surface area (Å²) in [6.45, 7) is 0.0494. The molecule has 0 aromatic heterocycles. The molecule has 1 atom stereocenters. The summed E-state index contributed by atoms with van der Waals surface area (Å²) in [5.41, 5.74) is 0.890. The molecule has 22 heavy (non-hydrogen) atoms. The van der Waals surface area contributed by atoms with E-state index < -0.39 is 10.7 Å². The van der Waals surface area contributed by atoms with Gasteiger partial charge in [0.1, 0.15) is 0 Å². The Morgan fingerprint density at radius 3 is 2.55 bits per heavy atom. The first kappa shape index (κ1) is 15.9. The van der Waals surface area contributed by atoms with Crippen molar-refractivity contribution in [3.63, 3.8) is 0 Å². The van der Waals surface area contributed by atoms with Crippen LogP contribution in [0.3, 0.4) is 0 Å². The van der Waals surface area contributed by atoms with Gasteiger partial charge in [0.2, 0.25) is 0 Å². The highest BCUT2D eigenvalue weighted by molar-refractivity contribution is 5.51. The topological polar surface area (TPSA) is 75.4 Å². The van der Waals surface area contributed by atoms with E-state index in [-0.39, 0.29) is 24.0 Å². The minimum Gasteiger partial charge on any atom is -0.396 e. The third-order valence-electron chi connectivity index (χ3n) is 3.35. The van der Waals surface area contributed by atoms with Gasteiger partial charge in [-0.25, -0.2) is 4.39 Å². The normalized spacial score (nSPS) is 11.9. The first-order valence-electron chi connectivity index (χ1n) is 6.98. The summed E-state index contributed by atoms with van der Waals surface area (Å²) in [7, 11) is 0. The van der Waals surface area contributed by atoms with Crippen LogP contribution in [-0.4, -0.2) is 16.6 Å². The number of hydrogen-bond donors (Lipinski definition) is 2. The summed E-state index contributed by atoms with van der Waals surface area (Å²) in [5.74, 6) is -0.667. The van der Waals surface area contributed by atoms with Crippen LogP contribution in [-0.2, 0) is 0 Å². The monoisotopic (exact) mass is 304 g/mol. The predicted octanol–water partition coefficient (Wildman–Crippen LogP) is 3.66. The minimum atomic E-state index is -0.667. The summed E-state index contributed by atoms with van der Waals surface area (Å²) < 4.78 is 14.0. The summed E-state index contributed by atoms with van der Waals surface area (Å²) in [6, 6.07) is 12.8. The molecular formula is C16H17FN2O3. The average molecular weight is 304 g/mol. The molecule has 0 aliphatic rings. The lowest BCUT2D eigenvalue weighted by molar-refractivity contribution is -0.385. The molecule has 0 radical (unpaired) electrons. The van der Waals surface area contributed by atoms with Crippen molar-refractivity contribution in [3.8, 4) is 0 Å². The van der Waals surface area contributed by atoms with E-state index in [2.05, 4.69) is 5.32 Å². The largest absolute Gasteiger partial charge is 0.396 e. The minimum absolute atomic E-state index is 0.0494. The Kier molecular flexibility index (Phi) is 5.43. The van der Waals surface area contributed by atoms with Crippen LogP contribution >= 0.6 is 0 Å². The molecule has 0 saturated carbocycles. The second-order valence-corrected chi connectivity index (χ2v) is 4.89. The number of non-ortho nitro benzene ring substituents is 1. The van der Waals surface area contributed by atoms with Gasteiger partial charge in [0.15, 0.2) is 5.82 Å². The van der Waals surface area contributed by atoms with Crippen LogP contribution in [0.4, 0.5) is 15.8 Å². The van der Waals surface area contributed by atoms with Gasteiger partial charge in [-0.15, -0.1) is 0 Å². The predicted molar refractivity (Wildman–Crippen MR) is 82.2 cm³/mol. The standard InChI is InChI=1S/C16H17FN2O3/c17-14-11-13(19(21)22)8-9-16(14)18-15(7-4-10-20)12-5-2-1-3-6-12/h1-3,5-6,8-9,11,15,18,20H,4,7,10H2. The van der Waals surface area contributed by atoms with Gasteiger partial charge in [-0.05, 0) is 24.5 Å². The van der Waals surface area contributed by atoms with E-state index in [4.69, 9.17) is 5.11 Å². The number of rotatable bonds is 7. The van der Waals surface area contributed by atoms with Crippen molar-refractivity contribution >= 4 is 11.4 Å². The molecule has 2 N–H and O–H groups in total. The number of aliphatic hydroxyl groups excluding tert-OH is 1. The number of halogens is 1. The van der Waals surface area contributed by atoms with Crippen molar-refractivity contribution < 1.29 is 14.4 Å². The molecule has 0 spiro atoms. The van der Waals surface area contributed by atoms with Crippen molar-refractivity contribution in [2.24, 2.45) is 0 Å². The number of nitrogens with one attached hydrogen (secondary N) is 1. The van der Waals surface area contributed by atoms with Gasteiger partial charge in [-0.3, -0.25) is 10.1 Å². The number of nitro benzene ring substituents is 1. The SMILES string of the molecule is O=[N+]([O-])c1ccc(NC(CCCO)c2ccccc2)c(F)c1. The van der Waals surface area contributed by atoms with Crippen LogP contribution in [0.15, 0.2) is 48.5 Å². The van der Waals surface area contributed by atoms with E-state index in [1.807, 2.05) is 30.3 Å². The lowest BCUT2D eigenvalue weighted by atomic mass is 10.0. The Morgan fingerprint density at radius 1 is 1.23 bits per heavy atom. The lowest BCUT2D eigenvalue weighted by Gasteiger charge is -2.20. The molecule has 0 aliphatic heterocycles. The van der Waals surface area contributed by atoms with Gasteiger partial charge in [-0.2, -0.15) is 0 Å². The fourth-order valence-electron chi connectivity index (χ4n) is 2.23.